The summed E-state index contributed by atoms with van der Waals surface area (Å²) >= 11 is 0. The van der Waals surface area contributed by atoms with Gasteiger partial charge in [-0.2, -0.15) is 4.98 Å². The first-order chi connectivity index (χ1) is 5.27. The van der Waals surface area contributed by atoms with Gasteiger partial charge in [-0.25, -0.2) is 0 Å². The highest BCUT2D eigenvalue weighted by Crippen LogP contribution is 2.09. The molecule has 1 aromatic heterocycles. The molecular formula is C7H11N3O. The second-order valence-electron chi connectivity index (χ2n) is 2.19. The van der Waals surface area contributed by atoms with Crippen molar-refractivity contribution in [2.75, 3.05) is 0 Å². The number of allylic oxidation sites excluding steroid dienone is 2. The zero-order chi connectivity index (χ0) is 8.27. The van der Waals surface area contributed by atoms with E-state index < -0.39 is 0 Å². The van der Waals surface area contributed by atoms with Gasteiger partial charge in [0.1, 0.15) is 0 Å². The summed E-state index contributed by atoms with van der Waals surface area (Å²) in [6.07, 6.45) is 1.91. The summed E-state index contributed by atoms with van der Waals surface area (Å²) in [4.78, 5) is 4.03. The molecule has 0 atom stereocenters. The number of rotatable bonds is 2. The Kier molecular flexibility index (Phi) is 2.38. The number of nitrogens with zero attached hydrogens (tertiary/aromatic N) is 2. The lowest BCUT2D eigenvalue weighted by atomic mass is 10.3. The average Bonchev–Trinajstić information content (AvgIpc) is 2.50. The standard InChI is InChI=1S/C7H11N3O/c1-3-5(2)7-9-6(4-8)10-11-7/h3H,4,8H2,1-2H3/b5-3-. The van der Waals surface area contributed by atoms with Crippen LogP contribution in [-0.2, 0) is 6.54 Å². The van der Waals surface area contributed by atoms with Crippen LogP contribution in [0.4, 0.5) is 0 Å². The molecule has 0 bridgehead atoms. The average molecular weight is 153 g/mol. The highest BCUT2D eigenvalue weighted by molar-refractivity contribution is 5.54. The summed E-state index contributed by atoms with van der Waals surface area (Å²) < 4.78 is 4.90. The minimum absolute atomic E-state index is 0.320. The fraction of sp³-hybridized carbons (Fsp3) is 0.429. The van der Waals surface area contributed by atoms with Gasteiger partial charge in [0.25, 0.3) is 5.89 Å². The van der Waals surface area contributed by atoms with Gasteiger partial charge >= 0.3 is 0 Å². The Morgan fingerprint density at radius 2 is 2.45 bits per heavy atom. The maximum absolute atomic E-state index is 5.30. The SMILES string of the molecule is C/C=C(/C)c1nc(CN)no1. The van der Waals surface area contributed by atoms with E-state index in [4.69, 9.17) is 10.3 Å². The van der Waals surface area contributed by atoms with Crippen molar-refractivity contribution in [1.29, 1.82) is 0 Å². The van der Waals surface area contributed by atoms with Crippen LogP contribution in [0.2, 0.25) is 0 Å². The number of aromatic nitrogens is 2. The first-order valence-electron chi connectivity index (χ1n) is 3.44. The predicted octanol–water partition coefficient (Wildman–Crippen LogP) is 0.952. The maximum Gasteiger partial charge on any atom is 0.253 e. The third kappa shape index (κ3) is 1.65. The predicted molar refractivity (Wildman–Crippen MR) is 41.5 cm³/mol. The van der Waals surface area contributed by atoms with Gasteiger partial charge in [0.2, 0.25) is 0 Å². The molecular weight excluding hydrogens is 142 g/mol. The van der Waals surface area contributed by atoms with E-state index in [0.717, 1.165) is 5.57 Å². The molecule has 0 aliphatic carbocycles. The Bertz CT molecular complexity index is 264. The van der Waals surface area contributed by atoms with E-state index >= 15 is 0 Å². The van der Waals surface area contributed by atoms with Gasteiger partial charge in [0.15, 0.2) is 5.82 Å². The van der Waals surface area contributed by atoms with Crippen molar-refractivity contribution in [1.82, 2.24) is 10.1 Å². The summed E-state index contributed by atoms with van der Waals surface area (Å²) in [5.74, 6) is 1.09. The second-order valence-corrected chi connectivity index (χ2v) is 2.19. The molecule has 0 spiro atoms. The van der Waals surface area contributed by atoms with Crippen LogP contribution in [0.3, 0.4) is 0 Å². The molecule has 2 N–H and O–H groups in total. The molecule has 0 aliphatic heterocycles. The number of nitrogens with two attached hydrogens (primary N) is 1. The molecule has 1 aromatic rings. The van der Waals surface area contributed by atoms with E-state index in [0.29, 0.717) is 18.3 Å². The molecule has 4 heteroatoms. The molecule has 0 saturated heterocycles. The molecule has 0 fully saturated rings. The van der Waals surface area contributed by atoms with Gasteiger partial charge in [-0.05, 0) is 13.8 Å². The Morgan fingerprint density at radius 1 is 1.73 bits per heavy atom. The first kappa shape index (κ1) is 7.94. The smallest absolute Gasteiger partial charge is 0.253 e. The van der Waals surface area contributed by atoms with Crippen LogP contribution >= 0.6 is 0 Å². The molecule has 1 rings (SSSR count). The monoisotopic (exact) mass is 153 g/mol. The zero-order valence-corrected chi connectivity index (χ0v) is 6.66. The Balaban J connectivity index is 2.89. The van der Waals surface area contributed by atoms with Crippen molar-refractivity contribution >= 4 is 5.57 Å². The van der Waals surface area contributed by atoms with E-state index in [2.05, 4.69) is 10.1 Å². The Morgan fingerprint density at radius 3 is 2.91 bits per heavy atom. The lowest BCUT2D eigenvalue weighted by Crippen LogP contribution is -1.97. The highest BCUT2D eigenvalue weighted by Gasteiger charge is 2.04. The van der Waals surface area contributed by atoms with Gasteiger partial charge < -0.3 is 10.3 Å². The molecule has 1 heterocycles. The van der Waals surface area contributed by atoms with Crippen molar-refractivity contribution in [2.24, 2.45) is 5.73 Å². The molecule has 60 valence electrons. The summed E-state index contributed by atoms with van der Waals surface area (Å²) in [7, 11) is 0. The van der Waals surface area contributed by atoms with E-state index in [-0.39, 0.29) is 0 Å². The lowest BCUT2D eigenvalue weighted by molar-refractivity contribution is 0.400. The summed E-state index contributed by atoms with van der Waals surface area (Å²) in [6, 6.07) is 0. The maximum atomic E-state index is 5.30. The van der Waals surface area contributed by atoms with Crippen LogP contribution in [0, 0.1) is 0 Å². The van der Waals surface area contributed by atoms with Crippen LogP contribution < -0.4 is 5.73 Å². The first-order valence-corrected chi connectivity index (χ1v) is 3.44. The zero-order valence-electron chi connectivity index (χ0n) is 6.66. The molecule has 0 radical (unpaired) electrons. The quantitative estimate of drug-likeness (QED) is 0.687. The molecule has 0 aliphatic rings. The van der Waals surface area contributed by atoms with E-state index in [9.17, 15) is 0 Å². The van der Waals surface area contributed by atoms with Crippen LogP contribution in [0.15, 0.2) is 10.6 Å². The van der Waals surface area contributed by atoms with Gasteiger partial charge in [-0.3, -0.25) is 0 Å². The fourth-order valence-corrected chi connectivity index (χ4v) is 0.621. The van der Waals surface area contributed by atoms with Gasteiger partial charge in [0.05, 0.1) is 6.54 Å². The van der Waals surface area contributed by atoms with Gasteiger partial charge in [-0.1, -0.05) is 11.2 Å². The van der Waals surface area contributed by atoms with Crippen molar-refractivity contribution in [3.63, 3.8) is 0 Å². The Hall–Kier alpha value is -1.16. The van der Waals surface area contributed by atoms with Crippen molar-refractivity contribution < 1.29 is 4.52 Å². The van der Waals surface area contributed by atoms with Crippen LogP contribution in [-0.4, -0.2) is 10.1 Å². The van der Waals surface area contributed by atoms with E-state index in [1.807, 2.05) is 19.9 Å². The largest absolute Gasteiger partial charge is 0.334 e. The minimum atomic E-state index is 0.320. The minimum Gasteiger partial charge on any atom is -0.334 e. The second kappa shape index (κ2) is 3.30. The van der Waals surface area contributed by atoms with Crippen molar-refractivity contribution in [3.8, 4) is 0 Å². The number of hydrogen-bond donors (Lipinski definition) is 1. The van der Waals surface area contributed by atoms with Crippen molar-refractivity contribution in [2.45, 2.75) is 20.4 Å². The van der Waals surface area contributed by atoms with Gasteiger partial charge in [-0.15, -0.1) is 0 Å². The lowest BCUT2D eigenvalue weighted by Gasteiger charge is -1.86. The highest BCUT2D eigenvalue weighted by atomic mass is 16.5. The molecule has 0 amide bonds. The molecule has 0 aromatic carbocycles. The van der Waals surface area contributed by atoms with Crippen LogP contribution in [0.1, 0.15) is 25.6 Å². The normalized spacial score (nSPS) is 12.1. The molecule has 11 heavy (non-hydrogen) atoms. The van der Waals surface area contributed by atoms with Gasteiger partial charge in [0, 0.05) is 5.57 Å². The van der Waals surface area contributed by atoms with Crippen molar-refractivity contribution in [3.05, 3.63) is 17.8 Å². The van der Waals surface area contributed by atoms with E-state index in [1.165, 1.54) is 0 Å². The molecule has 0 unspecified atom stereocenters. The summed E-state index contributed by atoms with van der Waals surface area (Å²) in [6.45, 7) is 4.15. The van der Waals surface area contributed by atoms with E-state index in [1.54, 1.807) is 0 Å². The Labute approximate surface area is 65.1 Å². The van der Waals surface area contributed by atoms with Crippen LogP contribution in [0.5, 0.6) is 0 Å². The molecule has 0 saturated carbocycles. The van der Waals surface area contributed by atoms with Crippen LogP contribution in [0.25, 0.3) is 5.57 Å². The third-order valence-electron chi connectivity index (χ3n) is 1.42. The summed E-state index contributed by atoms with van der Waals surface area (Å²) in [5, 5.41) is 3.65. The third-order valence-corrected chi connectivity index (χ3v) is 1.42. The topological polar surface area (TPSA) is 64.9 Å². The summed E-state index contributed by atoms with van der Waals surface area (Å²) in [5.41, 5.74) is 6.27. The molecule has 4 nitrogen and oxygen atoms in total. The fourth-order valence-electron chi connectivity index (χ4n) is 0.621. The number of hydrogen-bond acceptors (Lipinski definition) is 4.